The highest BCUT2D eigenvalue weighted by molar-refractivity contribution is 14.0. The van der Waals surface area contributed by atoms with Crippen LogP contribution in [0.4, 0.5) is 10.2 Å². The topological polar surface area (TPSA) is 52.6 Å². The molecule has 2 rings (SSSR count). The van der Waals surface area contributed by atoms with Gasteiger partial charge in [-0.25, -0.2) is 9.37 Å². The predicted octanol–water partition coefficient (Wildman–Crippen LogP) is 2.73. The van der Waals surface area contributed by atoms with Crippen LogP contribution < -0.4 is 15.5 Å². The molecule has 1 aromatic heterocycles. The molecule has 0 aliphatic carbocycles. The molecule has 5 nitrogen and oxygen atoms in total. The minimum absolute atomic E-state index is 0. The zero-order valence-electron chi connectivity index (χ0n) is 14.3. The van der Waals surface area contributed by atoms with Crippen molar-refractivity contribution in [1.29, 1.82) is 0 Å². The molecule has 8 heteroatoms. The normalized spacial score (nSPS) is 17.5. The molecular weight excluding hydrogens is 440 g/mol. The Bertz CT molecular complexity index is 517. The molecule has 0 spiro atoms. The average molecular weight is 467 g/mol. The number of hydrogen-bond acceptors (Lipinski definition) is 4. The summed E-state index contributed by atoms with van der Waals surface area (Å²) in [6, 6.07) is 3.34. The Morgan fingerprint density at radius 2 is 2.38 bits per heavy atom. The lowest BCUT2D eigenvalue weighted by Gasteiger charge is -2.19. The van der Waals surface area contributed by atoms with Crippen LogP contribution in [0.1, 0.15) is 19.8 Å². The Hall–Kier alpha value is -0.770. The average Bonchev–Trinajstić information content (AvgIpc) is 3.00. The summed E-state index contributed by atoms with van der Waals surface area (Å²) in [7, 11) is 0. The number of rotatable bonds is 7. The number of pyridine rings is 1. The highest BCUT2D eigenvalue weighted by Crippen LogP contribution is 2.20. The number of guanidine groups is 1. The molecule has 1 saturated heterocycles. The van der Waals surface area contributed by atoms with Crippen LogP contribution in [0.5, 0.6) is 0 Å². The Morgan fingerprint density at radius 3 is 3.08 bits per heavy atom. The fourth-order valence-electron chi connectivity index (χ4n) is 2.59. The van der Waals surface area contributed by atoms with Gasteiger partial charge >= 0.3 is 0 Å². The molecule has 1 aliphatic heterocycles. The van der Waals surface area contributed by atoms with Crippen molar-refractivity contribution in [1.82, 2.24) is 15.6 Å². The maximum atomic E-state index is 13.8. The molecule has 0 aromatic carbocycles. The van der Waals surface area contributed by atoms with E-state index in [9.17, 15) is 4.39 Å². The summed E-state index contributed by atoms with van der Waals surface area (Å²) < 4.78 is 13.8. The minimum Gasteiger partial charge on any atom is -0.357 e. The largest absolute Gasteiger partial charge is 0.357 e. The molecule has 1 unspecified atom stereocenters. The number of thioether (sulfide) groups is 1. The molecule has 1 fully saturated rings. The van der Waals surface area contributed by atoms with Gasteiger partial charge in [0.15, 0.2) is 17.6 Å². The molecular formula is C16H27FIN5S. The van der Waals surface area contributed by atoms with E-state index in [0.717, 1.165) is 50.7 Å². The Balaban J connectivity index is 0.00000288. The van der Waals surface area contributed by atoms with E-state index < -0.39 is 0 Å². The summed E-state index contributed by atoms with van der Waals surface area (Å²) in [6.45, 7) is 5.26. The Labute approximate surface area is 165 Å². The van der Waals surface area contributed by atoms with E-state index in [1.54, 1.807) is 12.3 Å². The highest BCUT2D eigenvalue weighted by atomic mass is 127. The van der Waals surface area contributed by atoms with Gasteiger partial charge in [0.05, 0.1) is 0 Å². The van der Waals surface area contributed by atoms with Crippen molar-refractivity contribution in [3.8, 4) is 0 Å². The van der Waals surface area contributed by atoms with Crippen LogP contribution in [0, 0.1) is 5.82 Å². The van der Waals surface area contributed by atoms with Crippen LogP contribution in [-0.4, -0.2) is 55.2 Å². The van der Waals surface area contributed by atoms with Crippen LogP contribution in [0.15, 0.2) is 23.3 Å². The van der Waals surface area contributed by atoms with Crippen LogP contribution in [0.2, 0.25) is 0 Å². The van der Waals surface area contributed by atoms with Crippen molar-refractivity contribution >= 4 is 47.5 Å². The molecule has 24 heavy (non-hydrogen) atoms. The number of aliphatic imine (C=N–C) groups is 1. The lowest BCUT2D eigenvalue weighted by Crippen LogP contribution is -2.44. The van der Waals surface area contributed by atoms with E-state index in [1.165, 1.54) is 6.07 Å². The van der Waals surface area contributed by atoms with Crippen molar-refractivity contribution in [3.63, 3.8) is 0 Å². The Morgan fingerprint density at radius 1 is 1.54 bits per heavy atom. The van der Waals surface area contributed by atoms with Gasteiger partial charge < -0.3 is 15.5 Å². The Kier molecular flexibility index (Phi) is 10.4. The SMILES string of the molecule is CCNC(=NCCCSC)NC1CCN(c2ncccc2F)C1.I. The molecule has 1 atom stereocenters. The molecule has 2 N–H and O–H groups in total. The zero-order chi connectivity index (χ0) is 16.5. The smallest absolute Gasteiger partial charge is 0.191 e. The lowest BCUT2D eigenvalue weighted by molar-refractivity contribution is 0.612. The van der Waals surface area contributed by atoms with Crippen molar-refractivity contribution < 1.29 is 4.39 Å². The number of aromatic nitrogens is 1. The second-order valence-electron chi connectivity index (χ2n) is 5.49. The molecule has 0 radical (unpaired) electrons. The zero-order valence-corrected chi connectivity index (χ0v) is 17.4. The maximum absolute atomic E-state index is 13.8. The summed E-state index contributed by atoms with van der Waals surface area (Å²) >= 11 is 1.84. The first-order valence-corrected chi connectivity index (χ1v) is 9.53. The molecule has 0 saturated carbocycles. The molecule has 1 aliphatic rings. The van der Waals surface area contributed by atoms with Gasteiger partial charge in [0, 0.05) is 38.4 Å². The summed E-state index contributed by atoms with van der Waals surface area (Å²) in [5.74, 6) is 2.16. The lowest BCUT2D eigenvalue weighted by atomic mass is 10.3. The van der Waals surface area contributed by atoms with E-state index in [-0.39, 0.29) is 35.8 Å². The first kappa shape index (κ1) is 21.3. The van der Waals surface area contributed by atoms with E-state index in [0.29, 0.717) is 5.82 Å². The summed E-state index contributed by atoms with van der Waals surface area (Å²) in [6.07, 6.45) is 5.77. The van der Waals surface area contributed by atoms with E-state index in [2.05, 4.69) is 33.8 Å². The third kappa shape index (κ3) is 6.62. The van der Waals surface area contributed by atoms with Gasteiger partial charge in [-0.15, -0.1) is 24.0 Å². The summed E-state index contributed by atoms with van der Waals surface area (Å²) in [5.41, 5.74) is 0. The summed E-state index contributed by atoms with van der Waals surface area (Å²) in [4.78, 5) is 10.7. The maximum Gasteiger partial charge on any atom is 0.191 e. The highest BCUT2D eigenvalue weighted by Gasteiger charge is 2.25. The van der Waals surface area contributed by atoms with Gasteiger partial charge in [0.25, 0.3) is 0 Å². The molecule has 2 heterocycles. The van der Waals surface area contributed by atoms with Gasteiger partial charge in [-0.05, 0) is 43.9 Å². The number of halogens is 2. The summed E-state index contributed by atoms with van der Waals surface area (Å²) in [5, 5.41) is 6.73. The fourth-order valence-corrected chi connectivity index (χ4v) is 3.01. The van der Waals surface area contributed by atoms with Crippen molar-refractivity contribution in [3.05, 3.63) is 24.1 Å². The van der Waals surface area contributed by atoms with Gasteiger partial charge in [0.2, 0.25) is 0 Å². The van der Waals surface area contributed by atoms with E-state index in [1.807, 2.05) is 16.7 Å². The fraction of sp³-hybridized carbons (Fsp3) is 0.625. The molecule has 0 bridgehead atoms. The van der Waals surface area contributed by atoms with Crippen LogP contribution in [0.3, 0.4) is 0 Å². The molecule has 136 valence electrons. The number of nitrogens with zero attached hydrogens (tertiary/aromatic N) is 3. The molecule has 0 amide bonds. The third-order valence-corrected chi connectivity index (χ3v) is 4.39. The first-order valence-electron chi connectivity index (χ1n) is 8.13. The van der Waals surface area contributed by atoms with Crippen molar-refractivity contribution in [2.75, 3.05) is 43.1 Å². The van der Waals surface area contributed by atoms with Crippen LogP contribution in [-0.2, 0) is 0 Å². The monoisotopic (exact) mass is 467 g/mol. The van der Waals surface area contributed by atoms with Crippen LogP contribution in [0.25, 0.3) is 0 Å². The van der Waals surface area contributed by atoms with Gasteiger partial charge in [-0.2, -0.15) is 11.8 Å². The second-order valence-corrected chi connectivity index (χ2v) is 6.48. The minimum atomic E-state index is -0.259. The first-order chi connectivity index (χ1) is 11.2. The standard InChI is InChI=1S/C16H26FN5S.HI/c1-3-18-16(20-9-5-11-23-2)21-13-7-10-22(12-13)15-14(17)6-4-8-19-15;/h4,6,8,13H,3,5,7,9-12H2,1-2H3,(H2,18,20,21);1H. The van der Waals surface area contributed by atoms with Crippen molar-refractivity contribution in [2.45, 2.75) is 25.8 Å². The van der Waals surface area contributed by atoms with Gasteiger partial charge in [-0.1, -0.05) is 0 Å². The predicted molar refractivity (Wildman–Crippen MR) is 112 cm³/mol. The second kappa shape index (κ2) is 11.7. The van der Waals surface area contributed by atoms with E-state index in [4.69, 9.17) is 0 Å². The number of hydrogen-bond donors (Lipinski definition) is 2. The molecule has 1 aromatic rings. The van der Waals surface area contributed by atoms with Gasteiger partial charge in [0.1, 0.15) is 0 Å². The third-order valence-electron chi connectivity index (χ3n) is 3.69. The van der Waals surface area contributed by atoms with E-state index >= 15 is 0 Å². The van der Waals surface area contributed by atoms with Gasteiger partial charge in [-0.3, -0.25) is 4.99 Å². The quantitative estimate of drug-likeness (QED) is 0.280. The van der Waals surface area contributed by atoms with Crippen LogP contribution >= 0.6 is 35.7 Å². The number of anilines is 1. The number of nitrogens with one attached hydrogen (secondary N) is 2. The van der Waals surface area contributed by atoms with Crippen molar-refractivity contribution in [2.24, 2.45) is 4.99 Å².